The van der Waals surface area contributed by atoms with Crippen molar-refractivity contribution >= 4 is 28.3 Å². The molecule has 0 spiro atoms. The SMILES string of the molecule is CN(C)CCCNC(=O)C(=O)Nc1nccs1. The lowest BCUT2D eigenvalue weighted by molar-refractivity contribution is -0.136. The highest BCUT2D eigenvalue weighted by Gasteiger charge is 2.13. The maximum atomic E-state index is 11.4. The third-order valence-corrected chi connectivity index (χ3v) is 2.62. The fourth-order valence-corrected chi connectivity index (χ4v) is 1.64. The molecule has 0 aliphatic rings. The molecule has 1 aromatic heterocycles. The zero-order valence-electron chi connectivity index (χ0n) is 9.90. The van der Waals surface area contributed by atoms with E-state index in [0.29, 0.717) is 11.7 Å². The van der Waals surface area contributed by atoms with Crippen molar-refractivity contribution in [3.63, 3.8) is 0 Å². The Morgan fingerprint density at radius 1 is 1.41 bits per heavy atom. The minimum Gasteiger partial charge on any atom is -0.348 e. The van der Waals surface area contributed by atoms with Crippen molar-refractivity contribution in [1.82, 2.24) is 15.2 Å². The highest BCUT2D eigenvalue weighted by atomic mass is 32.1. The van der Waals surface area contributed by atoms with Crippen molar-refractivity contribution in [2.45, 2.75) is 6.42 Å². The highest BCUT2D eigenvalue weighted by Crippen LogP contribution is 2.09. The summed E-state index contributed by atoms with van der Waals surface area (Å²) < 4.78 is 0. The molecule has 1 heterocycles. The van der Waals surface area contributed by atoms with Gasteiger partial charge in [0.1, 0.15) is 0 Å². The molecule has 0 saturated heterocycles. The minimum absolute atomic E-state index is 0.429. The van der Waals surface area contributed by atoms with E-state index < -0.39 is 11.8 Å². The van der Waals surface area contributed by atoms with Crippen LogP contribution in [0.1, 0.15) is 6.42 Å². The molecule has 6 nitrogen and oxygen atoms in total. The summed E-state index contributed by atoms with van der Waals surface area (Å²) in [7, 11) is 3.91. The van der Waals surface area contributed by atoms with Crippen LogP contribution >= 0.6 is 11.3 Å². The molecule has 0 saturated carbocycles. The molecule has 94 valence electrons. The van der Waals surface area contributed by atoms with Gasteiger partial charge in [0.05, 0.1) is 0 Å². The third kappa shape index (κ3) is 5.41. The summed E-state index contributed by atoms with van der Waals surface area (Å²) in [5.74, 6) is -1.30. The quantitative estimate of drug-likeness (QED) is 0.581. The Morgan fingerprint density at radius 2 is 2.18 bits per heavy atom. The van der Waals surface area contributed by atoms with E-state index in [1.165, 1.54) is 11.3 Å². The predicted molar refractivity (Wildman–Crippen MR) is 66.9 cm³/mol. The van der Waals surface area contributed by atoms with E-state index in [0.717, 1.165) is 13.0 Å². The zero-order valence-corrected chi connectivity index (χ0v) is 10.7. The highest BCUT2D eigenvalue weighted by molar-refractivity contribution is 7.13. The van der Waals surface area contributed by atoms with E-state index in [9.17, 15) is 9.59 Å². The number of hydrogen-bond donors (Lipinski definition) is 2. The van der Waals surface area contributed by atoms with Crippen LogP contribution in [-0.4, -0.2) is 48.9 Å². The van der Waals surface area contributed by atoms with E-state index in [-0.39, 0.29) is 0 Å². The summed E-state index contributed by atoms with van der Waals surface area (Å²) in [6.07, 6.45) is 2.37. The van der Waals surface area contributed by atoms with Crippen LogP contribution < -0.4 is 10.6 Å². The van der Waals surface area contributed by atoms with Gasteiger partial charge in [0.2, 0.25) is 0 Å². The van der Waals surface area contributed by atoms with Gasteiger partial charge >= 0.3 is 11.8 Å². The summed E-state index contributed by atoms with van der Waals surface area (Å²) in [5.41, 5.74) is 0. The van der Waals surface area contributed by atoms with Crippen molar-refractivity contribution in [3.05, 3.63) is 11.6 Å². The molecule has 0 aromatic carbocycles. The van der Waals surface area contributed by atoms with E-state index in [1.54, 1.807) is 11.6 Å². The van der Waals surface area contributed by atoms with E-state index >= 15 is 0 Å². The maximum Gasteiger partial charge on any atom is 0.315 e. The first-order valence-electron chi connectivity index (χ1n) is 5.23. The average Bonchev–Trinajstić information content (AvgIpc) is 2.76. The molecule has 0 fully saturated rings. The number of nitrogens with zero attached hydrogens (tertiary/aromatic N) is 2. The number of carbonyl (C=O) groups is 2. The second kappa shape index (κ2) is 6.97. The summed E-state index contributed by atoms with van der Waals surface area (Å²) in [5, 5.41) is 7.12. The van der Waals surface area contributed by atoms with Crippen molar-refractivity contribution in [1.29, 1.82) is 0 Å². The van der Waals surface area contributed by atoms with Crippen LogP contribution in [0, 0.1) is 0 Å². The van der Waals surface area contributed by atoms with Crippen LogP contribution in [0.4, 0.5) is 5.13 Å². The summed E-state index contributed by atoms with van der Waals surface area (Å²) in [6.45, 7) is 1.36. The summed E-state index contributed by atoms with van der Waals surface area (Å²) in [4.78, 5) is 28.6. The Balaban J connectivity index is 2.21. The number of amides is 2. The lowest BCUT2D eigenvalue weighted by Crippen LogP contribution is -2.36. The molecule has 0 atom stereocenters. The molecule has 2 amide bonds. The third-order valence-electron chi connectivity index (χ3n) is 1.93. The minimum atomic E-state index is -0.676. The number of anilines is 1. The van der Waals surface area contributed by atoms with Crippen molar-refractivity contribution < 1.29 is 9.59 Å². The van der Waals surface area contributed by atoms with Gasteiger partial charge in [-0.1, -0.05) is 0 Å². The Hall–Kier alpha value is -1.47. The molecule has 0 unspecified atom stereocenters. The molecule has 0 bridgehead atoms. The van der Waals surface area contributed by atoms with Crippen LogP contribution in [0.5, 0.6) is 0 Å². The van der Waals surface area contributed by atoms with Crippen molar-refractivity contribution in [3.8, 4) is 0 Å². The van der Waals surface area contributed by atoms with Gasteiger partial charge < -0.3 is 10.2 Å². The Bertz CT molecular complexity index is 364. The van der Waals surface area contributed by atoms with Gasteiger partial charge in [-0.2, -0.15) is 0 Å². The largest absolute Gasteiger partial charge is 0.348 e. The molecule has 0 radical (unpaired) electrons. The Labute approximate surface area is 104 Å². The average molecular weight is 256 g/mol. The fraction of sp³-hybridized carbons (Fsp3) is 0.500. The van der Waals surface area contributed by atoms with Crippen LogP contribution in [0.25, 0.3) is 0 Å². The van der Waals surface area contributed by atoms with E-state index in [2.05, 4.69) is 15.6 Å². The number of aromatic nitrogens is 1. The fourth-order valence-electron chi connectivity index (χ4n) is 1.12. The maximum absolute atomic E-state index is 11.4. The Morgan fingerprint density at radius 3 is 2.76 bits per heavy atom. The van der Waals surface area contributed by atoms with Gasteiger partial charge in [0.15, 0.2) is 5.13 Å². The molecule has 1 aromatic rings. The number of nitrogens with one attached hydrogen (secondary N) is 2. The second-order valence-electron chi connectivity index (χ2n) is 3.70. The summed E-state index contributed by atoms with van der Waals surface area (Å²) >= 11 is 1.27. The Kier molecular flexibility index (Phi) is 5.58. The molecule has 17 heavy (non-hydrogen) atoms. The topological polar surface area (TPSA) is 74.3 Å². The first-order chi connectivity index (χ1) is 8.09. The molecule has 7 heteroatoms. The standard InChI is InChI=1S/C10H16N4O2S/c1-14(2)6-3-4-11-8(15)9(16)13-10-12-5-7-17-10/h5,7H,3-4,6H2,1-2H3,(H,11,15)(H,12,13,16). The first-order valence-corrected chi connectivity index (χ1v) is 6.11. The lowest BCUT2D eigenvalue weighted by Gasteiger charge is -2.09. The van der Waals surface area contributed by atoms with E-state index in [4.69, 9.17) is 0 Å². The molecule has 0 aliphatic heterocycles. The van der Waals surface area contributed by atoms with Gasteiger partial charge in [-0.15, -0.1) is 11.3 Å². The second-order valence-corrected chi connectivity index (χ2v) is 4.60. The van der Waals surface area contributed by atoms with Gasteiger partial charge in [-0.25, -0.2) is 4.98 Å². The molecule has 0 aliphatic carbocycles. The van der Waals surface area contributed by atoms with Gasteiger partial charge in [0.25, 0.3) is 0 Å². The van der Waals surface area contributed by atoms with Crippen molar-refractivity contribution in [2.75, 3.05) is 32.5 Å². The van der Waals surface area contributed by atoms with Gasteiger partial charge in [-0.05, 0) is 27.1 Å². The summed E-state index contributed by atoms with van der Waals surface area (Å²) in [6, 6.07) is 0. The van der Waals surface area contributed by atoms with Crippen LogP contribution in [0.3, 0.4) is 0 Å². The van der Waals surface area contributed by atoms with Crippen LogP contribution in [-0.2, 0) is 9.59 Å². The van der Waals surface area contributed by atoms with Gasteiger partial charge in [-0.3, -0.25) is 14.9 Å². The molecular formula is C10H16N4O2S. The first kappa shape index (κ1) is 13.6. The molecule has 2 N–H and O–H groups in total. The van der Waals surface area contributed by atoms with Crippen LogP contribution in [0.15, 0.2) is 11.6 Å². The molecular weight excluding hydrogens is 240 g/mol. The number of hydrogen-bond acceptors (Lipinski definition) is 5. The monoisotopic (exact) mass is 256 g/mol. The zero-order chi connectivity index (χ0) is 12.7. The number of thiazole rings is 1. The lowest BCUT2D eigenvalue weighted by atomic mass is 10.4. The number of carbonyl (C=O) groups excluding carboxylic acids is 2. The van der Waals surface area contributed by atoms with Gasteiger partial charge in [0, 0.05) is 18.1 Å². The van der Waals surface area contributed by atoms with Crippen LogP contribution in [0.2, 0.25) is 0 Å². The molecule has 1 rings (SSSR count). The number of rotatable bonds is 5. The predicted octanol–water partition coefficient (Wildman–Crippen LogP) is 0.149. The normalized spacial score (nSPS) is 10.3. The van der Waals surface area contributed by atoms with Crippen molar-refractivity contribution in [2.24, 2.45) is 0 Å². The van der Waals surface area contributed by atoms with E-state index in [1.807, 2.05) is 19.0 Å². The smallest absolute Gasteiger partial charge is 0.315 e.